The summed E-state index contributed by atoms with van der Waals surface area (Å²) in [6.07, 6.45) is 57.2. The van der Waals surface area contributed by atoms with Gasteiger partial charge in [0, 0.05) is 25.7 Å². The molecule has 0 radical (unpaired) electrons. The molecule has 4 unspecified atom stereocenters. The average Bonchev–Trinajstić information content (AvgIpc) is 1.16. The molecule has 0 fully saturated rings. The second-order valence-electron chi connectivity index (χ2n) is 28.2. The highest BCUT2D eigenvalue weighted by Gasteiger charge is 2.30. The minimum Gasteiger partial charge on any atom is -0.462 e. The summed E-state index contributed by atoms with van der Waals surface area (Å²) in [6, 6.07) is 0. The molecule has 7 atom stereocenters. The number of rotatable bonds is 76. The maximum absolute atomic E-state index is 13.1. The predicted molar refractivity (Wildman–Crippen MR) is 391 cm³/mol. The van der Waals surface area contributed by atoms with E-state index in [4.69, 9.17) is 37.0 Å². The highest BCUT2D eigenvalue weighted by molar-refractivity contribution is 7.47. The molecule has 0 aromatic carbocycles. The Hall–Kier alpha value is -1.94. The van der Waals surface area contributed by atoms with Crippen LogP contribution in [0.2, 0.25) is 0 Å². The van der Waals surface area contributed by atoms with Gasteiger partial charge in [-0.3, -0.25) is 37.3 Å². The summed E-state index contributed by atoms with van der Waals surface area (Å²) in [5.41, 5.74) is 0. The van der Waals surface area contributed by atoms with Crippen LogP contribution < -0.4 is 0 Å². The van der Waals surface area contributed by atoms with E-state index in [1.165, 1.54) is 212 Å². The topological polar surface area (TPSA) is 237 Å². The molecule has 0 aliphatic carbocycles. The van der Waals surface area contributed by atoms with E-state index in [2.05, 4.69) is 41.5 Å². The van der Waals surface area contributed by atoms with Crippen LogP contribution in [0.4, 0.5) is 0 Å². The van der Waals surface area contributed by atoms with Crippen molar-refractivity contribution in [1.29, 1.82) is 0 Å². The Bertz CT molecular complexity index is 1860. The van der Waals surface area contributed by atoms with Gasteiger partial charge >= 0.3 is 39.5 Å². The number of hydrogen-bond acceptors (Lipinski definition) is 15. The number of carbonyl (C=O) groups excluding carboxylic acids is 4. The van der Waals surface area contributed by atoms with Crippen LogP contribution in [0.3, 0.4) is 0 Å². The van der Waals surface area contributed by atoms with E-state index in [0.29, 0.717) is 25.7 Å². The molecule has 3 N–H and O–H groups in total. The normalized spacial score (nSPS) is 14.6. The van der Waals surface area contributed by atoms with Crippen molar-refractivity contribution in [2.45, 2.75) is 419 Å². The smallest absolute Gasteiger partial charge is 0.462 e. The maximum Gasteiger partial charge on any atom is 0.472 e. The molecule has 570 valence electrons. The van der Waals surface area contributed by atoms with Gasteiger partial charge in [-0.05, 0) is 37.5 Å². The van der Waals surface area contributed by atoms with Crippen molar-refractivity contribution in [3.05, 3.63) is 0 Å². The van der Waals surface area contributed by atoms with Gasteiger partial charge in [-0.1, -0.05) is 350 Å². The number of carbonyl (C=O) groups is 4. The van der Waals surface area contributed by atoms with Crippen molar-refractivity contribution in [2.75, 3.05) is 39.6 Å². The van der Waals surface area contributed by atoms with Crippen LogP contribution in [0.1, 0.15) is 401 Å². The second kappa shape index (κ2) is 68.8. The Labute approximate surface area is 588 Å². The third-order valence-electron chi connectivity index (χ3n) is 18.7. The lowest BCUT2D eigenvalue weighted by Crippen LogP contribution is -2.30. The highest BCUT2D eigenvalue weighted by atomic mass is 31.2. The maximum atomic E-state index is 13.1. The number of hydrogen-bond donors (Lipinski definition) is 3. The van der Waals surface area contributed by atoms with Crippen LogP contribution in [-0.4, -0.2) is 96.7 Å². The Balaban J connectivity index is 5.18. The Morgan fingerprint density at radius 3 is 0.740 bits per heavy atom. The first-order valence-electron chi connectivity index (χ1n) is 40.1. The minimum atomic E-state index is -4.96. The predicted octanol–water partition coefficient (Wildman–Crippen LogP) is 22.7. The summed E-state index contributed by atoms with van der Waals surface area (Å²) in [4.78, 5) is 72.8. The zero-order chi connectivity index (χ0) is 70.7. The Morgan fingerprint density at radius 2 is 0.500 bits per heavy atom. The fourth-order valence-corrected chi connectivity index (χ4v) is 13.3. The molecule has 0 aliphatic heterocycles. The van der Waals surface area contributed by atoms with Gasteiger partial charge < -0.3 is 33.8 Å². The fraction of sp³-hybridized carbons (Fsp3) is 0.948. The summed E-state index contributed by atoms with van der Waals surface area (Å²) in [5, 5.41) is 10.6. The molecule has 0 bridgehead atoms. The van der Waals surface area contributed by atoms with Gasteiger partial charge in [0.05, 0.1) is 26.4 Å². The lowest BCUT2D eigenvalue weighted by Gasteiger charge is -2.21. The molecule has 19 heteroatoms. The van der Waals surface area contributed by atoms with Gasteiger partial charge in [0.2, 0.25) is 0 Å². The Morgan fingerprint density at radius 1 is 0.292 bits per heavy atom. The monoisotopic (exact) mass is 1410 g/mol. The van der Waals surface area contributed by atoms with E-state index in [1.807, 2.05) is 0 Å². The van der Waals surface area contributed by atoms with Crippen molar-refractivity contribution in [3.8, 4) is 0 Å². The number of esters is 4. The van der Waals surface area contributed by atoms with E-state index < -0.39 is 97.5 Å². The molecule has 0 saturated carbocycles. The van der Waals surface area contributed by atoms with E-state index in [9.17, 15) is 43.2 Å². The number of phosphoric ester groups is 2. The third-order valence-corrected chi connectivity index (χ3v) is 20.6. The molecule has 17 nitrogen and oxygen atoms in total. The van der Waals surface area contributed by atoms with Crippen LogP contribution in [0.15, 0.2) is 0 Å². The molecule has 0 heterocycles. The van der Waals surface area contributed by atoms with Crippen LogP contribution in [-0.2, 0) is 65.4 Å². The molecule has 96 heavy (non-hydrogen) atoms. The lowest BCUT2D eigenvalue weighted by molar-refractivity contribution is -0.161. The third kappa shape index (κ3) is 67.9. The highest BCUT2D eigenvalue weighted by Crippen LogP contribution is 2.45. The number of aliphatic hydroxyl groups excluding tert-OH is 1. The largest absolute Gasteiger partial charge is 0.472 e. The van der Waals surface area contributed by atoms with E-state index in [1.54, 1.807) is 0 Å². The van der Waals surface area contributed by atoms with Crippen molar-refractivity contribution < 1.29 is 80.2 Å². The first-order valence-corrected chi connectivity index (χ1v) is 43.1. The van der Waals surface area contributed by atoms with Crippen LogP contribution in [0.25, 0.3) is 0 Å². The molecule has 0 spiro atoms. The summed E-state index contributed by atoms with van der Waals surface area (Å²) in [5.74, 6) is -0.669. The molecule has 0 aromatic rings. The fourth-order valence-electron chi connectivity index (χ4n) is 11.8. The lowest BCUT2D eigenvalue weighted by atomic mass is 10.00. The second-order valence-corrected chi connectivity index (χ2v) is 31.1. The van der Waals surface area contributed by atoms with E-state index >= 15 is 0 Å². The van der Waals surface area contributed by atoms with Gasteiger partial charge in [-0.2, -0.15) is 0 Å². The van der Waals surface area contributed by atoms with Crippen molar-refractivity contribution >= 4 is 39.5 Å². The van der Waals surface area contributed by atoms with Crippen molar-refractivity contribution in [3.63, 3.8) is 0 Å². The van der Waals surface area contributed by atoms with Gasteiger partial charge in [-0.25, -0.2) is 9.13 Å². The van der Waals surface area contributed by atoms with E-state index in [0.717, 1.165) is 108 Å². The Kier molecular flexibility index (Phi) is 67.4. The molecular weight excluding hydrogens is 1260 g/mol. The molecule has 0 aliphatic rings. The zero-order valence-corrected chi connectivity index (χ0v) is 64.5. The first-order chi connectivity index (χ1) is 46.4. The minimum absolute atomic E-state index is 0.102. The number of unbranched alkanes of at least 4 members (excludes halogenated alkanes) is 44. The van der Waals surface area contributed by atoms with Gasteiger partial charge in [0.1, 0.15) is 19.3 Å². The molecular formula is C77H150O17P2. The van der Waals surface area contributed by atoms with Crippen molar-refractivity contribution in [1.82, 2.24) is 0 Å². The van der Waals surface area contributed by atoms with Gasteiger partial charge in [-0.15, -0.1) is 0 Å². The number of aliphatic hydroxyl groups is 1. The van der Waals surface area contributed by atoms with Gasteiger partial charge in [0.15, 0.2) is 12.2 Å². The molecule has 0 saturated heterocycles. The summed E-state index contributed by atoms with van der Waals surface area (Å²) in [7, 11) is -9.91. The standard InChI is InChI=1S/C77H150O17P2/c1-7-11-13-15-17-19-21-23-25-26-27-28-29-30-31-32-34-36-38-40-49-55-61-76(81)93-72(65-87-74(79)59-53-47-39-37-35-33-24-22-20-18-16-14-12-8-2)67-91-95(83,84)89-63-71(78)64-90-96(85,86)92-68-73(94-77(82)62-56-50-44-42-46-52-58-70(6)10-4)66-88-75(80)60-54-48-43-41-45-51-57-69(5)9-3/h69-73,78H,7-68H2,1-6H3,(H,83,84)(H,85,86)/t69?,70?,71-,72-,73-/m1/s1. The zero-order valence-electron chi connectivity index (χ0n) is 62.7. The SMILES string of the molecule is CCCCCCCCCCCCCCCCCCCCCCCCC(=O)O[C@H](COC(=O)CCCCCCCCCCCCCCCC)COP(=O)(O)OC[C@@H](O)COP(=O)(O)OC[C@@H](COC(=O)CCCCCCCCC(C)CC)OC(=O)CCCCCCCCC(C)CC. The van der Waals surface area contributed by atoms with E-state index in [-0.39, 0.29) is 25.7 Å². The average molecular weight is 1410 g/mol. The quantitative estimate of drug-likeness (QED) is 0.0222. The van der Waals surface area contributed by atoms with Gasteiger partial charge in [0.25, 0.3) is 0 Å². The summed E-state index contributed by atoms with van der Waals surface area (Å²) >= 11 is 0. The number of ether oxygens (including phenoxy) is 4. The summed E-state index contributed by atoms with van der Waals surface area (Å²) < 4.78 is 68.5. The van der Waals surface area contributed by atoms with Crippen molar-refractivity contribution in [2.24, 2.45) is 11.8 Å². The number of phosphoric acid groups is 2. The summed E-state index contributed by atoms with van der Waals surface area (Å²) in [6.45, 7) is 9.50. The molecule has 0 aromatic heterocycles. The van der Waals surface area contributed by atoms with Crippen LogP contribution in [0.5, 0.6) is 0 Å². The van der Waals surface area contributed by atoms with Crippen LogP contribution in [0, 0.1) is 11.8 Å². The van der Waals surface area contributed by atoms with Crippen LogP contribution >= 0.6 is 15.6 Å². The molecule has 0 rings (SSSR count). The first kappa shape index (κ1) is 94.1. The molecule has 0 amide bonds.